The number of fused-ring (bicyclic) bond motifs is 1. The molecule has 2 aromatic heterocycles. The summed E-state index contributed by atoms with van der Waals surface area (Å²) < 4.78 is 5.82. The van der Waals surface area contributed by atoms with Gasteiger partial charge in [-0.3, -0.25) is 19.9 Å². The number of nitro groups is 1. The molecular formula is C20H12N4O4. The maximum atomic E-state index is 11.4. The first-order valence-electron chi connectivity index (χ1n) is 8.24. The van der Waals surface area contributed by atoms with Crippen LogP contribution in [-0.4, -0.2) is 26.2 Å². The molecule has 2 heterocycles. The summed E-state index contributed by atoms with van der Waals surface area (Å²) in [4.78, 5) is 34.8. The third-order valence-corrected chi connectivity index (χ3v) is 4.01. The van der Waals surface area contributed by atoms with E-state index in [9.17, 15) is 14.9 Å². The lowest BCUT2D eigenvalue weighted by Crippen LogP contribution is -1.99. The number of pyridine rings is 1. The molecule has 0 bridgehead atoms. The summed E-state index contributed by atoms with van der Waals surface area (Å²) in [6.07, 6.45) is 3.80. The van der Waals surface area contributed by atoms with Gasteiger partial charge in [-0.05, 0) is 36.4 Å². The number of nitro benzene ring substituents is 1. The number of hydrogen-bond donors (Lipinski definition) is 0. The number of aldehydes is 1. The van der Waals surface area contributed by atoms with E-state index in [1.807, 2.05) is 12.1 Å². The van der Waals surface area contributed by atoms with Crippen LogP contribution in [0.25, 0.3) is 22.3 Å². The Morgan fingerprint density at radius 2 is 1.89 bits per heavy atom. The van der Waals surface area contributed by atoms with Crippen molar-refractivity contribution < 1.29 is 14.5 Å². The Bertz CT molecular complexity index is 1200. The highest BCUT2D eigenvalue weighted by Gasteiger charge is 2.19. The summed E-state index contributed by atoms with van der Waals surface area (Å²) >= 11 is 0. The van der Waals surface area contributed by atoms with Gasteiger partial charge in [0.1, 0.15) is 6.29 Å². The van der Waals surface area contributed by atoms with E-state index in [1.54, 1.807) is 36.7 Å². The van der Waals surface area contributed by atoms with Crippen molar-refractivity contribution in [2.24, 2.45) is 0 Å². The van der Waals surface area contributed by atoms with Gasteiger partial charge in [0.25, 0.3) is 0 Å². The summed E-state index contributed by atoms with van der Waals surface area (Å²) in [5, 5.41) is 12.0. The zero-order valence-corrected chi connectivity index (χ0v) is 14.4. The molecule has 0 aliphatic carbocycles. The predicted octanol–water partition coefficient (Wildman–Crippen LogP) is 4.20. The number of rotatable bonds is 5. The van der Waals surface area contributed by atoms with Gasteiger partial charge in [0.2, 0.25) is 11.6 Å². The molecule has 0 fully saturated rings. The van der Waals surface area contributed by atoms with Gasteiger partial charge in [-0.15, -0.1) is 0 Å². The van der Waals surface area contributed by atoms with Gasteiger partial charge >= 0.3 is 5.69 Å². The minimum atomic E-state index is -0.603. The smallest absolute Gasteiger partial charge is 0.312 e. The van der Waals surface area contributed by atoms with E-state index in [2.05, 4.69) is 15.0 Å². The number of carbonyl (C=O) groups is 1. The van der Waals surface area contributed by atoms with Crippen molar-refractivity contribution in [2.45, 2.75) is 0 Å². The van der Waals surface area contributed by atoms with Crippen molar-refractivity contribution in [1.82, 2.24) is 15.0 Å². The van der Waals surface area contributed by atoms with Crippen LogP contribution in [0.2, 0.25) is 0 Å². The van der Waals surface area contributed by atoms with Crippen LogP contribution in [0.1, 0.15) is 10.4 Å². The van der Waals surface area contributed by atoms with Gasteiger partial charge in [0.05, 0.1) is 15.8 Å². The Morgan fingerprint density at radius 1 is 1.04 bits per heavy atom. The lowest BCUT2D eigenvalue weighted by atomic mass is 10.2. The Hall–Kier alpha value is -4.20. The fraction of sp³-hybridized carbons (Fsp3) is 0. The quantitative estimate of drug-likeness (QED) is 0.293. The Kier molecular flexibility index (Phi) is 4.43. The largest absolute Gasteiger partial charge is 0.431 e. The molecule has 0 saturated carbocycles. The van der Waals surface area contributed by atoms with Crippen LogP contribution in [0.5, 0.6) is 11.6 Å². The van der Waals surface area contributed by atoms with Crippen molar-refractivity contribution in [2.75, 3.05) is 0 Å². The summed E-state index contributed by atoms with van der Waals surface area (Å²) in [5.41, 5.74) is 1.17. The van der Waals surface area contributed by atoms with Gasteiger partial charge < -0.3 is 4.74 Å². The number of carbonyl (C=O) groups excluding carboxylic acids is 1. The van der Waals surface area contributed by atoms with Gasteiger partial charge in [0.15, 0.2) is 5.82 Å². The van der Waals surface area contributed by atoms with Crippen molar-refractivity contribution in [3.05, 3.63) is 82.7 Å². The zero-order chi connectivity index (χ0) is 19.5. The lowest BCUT2D eigenvalue weighted by molar-refractivity contribution is -0.385. The van der Waals surface area contributed by atoms with Gasteiger partial charge in [-0.1, -0.05) is 12.1 Å². The Morgan fingerprint density at radius 3 is 2.64 bits per heavy atom. The summed E-state index contributed by atoms with van der Waals surface area (Å²) in [5.74, 6) is 0.539. The van der Waals surface area contributed by atoms with Crippen LogP contribution in [0.4, 0.5) is 5.69 Å². The first-order chi connectivity index (χ1) is 13.7. The molecule has 0 radical (unpaired) electrons. The molecule has 2 aromatic carbocycles. The maximum absolute atomic E-state index is 11.4. The van der Waals surface area contributed by atoms with E-state index in [-0.39, 0.29) is 22.9 Å². The summed E-state index contributed by atoms with van der Waals surface area (Å²) in [7, 11) is 0. The van der Waals surface area contributed by atoms with Crippen molar-refractivity contribution in [1.29, 1.82) is 0 Å². The average Bonchev–Trinajstić information content (AvgIpc) is 2.74. The fourth-order valence-corrected chi connectivity index (χ4v) is 2.69. The molecule has 0 unspecified atom stereocenters. The van der Waals surface area contributed by atoms with Crippen molar-refractivity contribution in [3.63, 3.8) is 0 Å². The first-order valence-corrected chi connectivity index (χ1v) is 8.24. The molecule has 136 valence electrons. The zero-order valence-electron chi connectivity index (χ0n) is 14.4. The first kappa shape index (κ1) is 17.2. The molecule has 0 spiro atoms. The second-order valence-electron chi connectivity index (χ2n) is 5.82. The molecule has 0 N–H and O–H groups in total. The second kappa shape index (κ2) is 7.20. The SMILES string of the molecule is O=Cc1ccc(Oc2nc(-c3cccnc3)nc3ccccc23)c([N+](=O)[O-])c1. The molecule has 4 rings (SSSR count). The van der Waals surface area contributed by atoms with Crippen LogP contribution in [0.15, 0.2) is 67.0 Å². The number of aromatic nitrogens is 3. The van der Waals surface area contributed by atoms with E-state index >= 15 is 0 Å². The third-order valence-electron chi connectivity index (χ3n) is 4.01. The fourth-order valence-electron chi connectivity index (χ4n) is 2.69. The number of ether oxygens (including phenoxy) is 1. The van der Waals surface area contributed by atoms with Crippen LogP contribution >= 0.6 is 0 Å². The highest BCUT2D eigenvalue weighted by atomic mass is 16.6. The van der Waals surface area contributed by atoms with Gasteiger partial charge in [-0.25, -0.2) is 4.98 Å². The van der Waals surface area contributed by atoms with E-state index < -0.39 is 4.92 Å². The molecular weight excluding hydrogens is 360 g/mol. The minimum Gasteiger partial charge on any atom is -0.431 e. The van der Waals surface area contributed by atoms with Gasteiger partial charge in [-0.2, -0.15) is 4.98 Å². The Labute approximate surface area is 158 Å². The standard InChI is InChI=1S/C20H12N4O4/c25-12-13-7-8-18(17(10-13)24(26)27)28-20-15-5-1-2-6-16(15)22-19(23-20)14-4-3-9-21-11-14/h1-12H. The minimum absolute atomic E-state index is 0.0170. The van der Waals surface area contributed by atoms with Crippen molar-refractivity contribution >= 4 is 22.9 Å². The monoisotopic (exact) mass is 372 g/mol. The molecule has 0 saturated heterocycles. The lowest BCUT2D eigenvalue weighted by Gasteiger charge is -2.10. The van der Waals surface area contributed by atoms with E-state index in [1.165, 1.54) is 12.1 Å². The van der Waals surface area contributed by atoms with Crippen LogP contribution < -0.4 is 4.74 Å². The van der Waals surface area contributed by atoms with Crippen LogP contribution in [-0.2, 0) is 0 Å². The molecule has 8 heteroatoms. The number of benzene rings is 2. The van der Waals surface area contributed by atoms with Crippen LogP contribution in [0, 0.1) is 10.1 Å². The van der Waals surface area contributed by atoms with Crippen LogP contribution in [0.3, 0.4) is 0 Å². The molecule has 8 nitrogen and oxygen atoms in total. The van der Waals surface area contributed by atoms with Crippen molar-refractivity contribution in [3.8, 4) is 23.0 Å². The summed E-state index contributed by atoms with van der Waals surface area (Å²) in [6, 6.07) is 14.7. The average molecular weight is 372 g/mol. The highest BCUT2D eigenvalue weighted by molar-refractivity contribution is 5.85. The molecule has 0 atom stereocenters. The van der Waals surface area contributed by atoms with Gasteiger partial charge in [0, 0.05) is 29.6 Å². The van der Waals surface area contributed by atoms with E-state index in [0.29, 0.717) is 28.6 Å². The molecule has 0 aliphatic heterocycles. The number of nitrogens with zero attached hydrogens (tertiary/aromatic N) is 4. The second-order valence-corrected chi connectivity index (χ2v) is 5.82. The molecule has 0 amide bonds. The maximum Gasteiger partial charge on any atom is 0.312 e. The molecule has 0 aliphatic rings. The molecule has 28 heavy (non-hydrogen) atoms. The van der Waals surface area contributed by atoms with E-state index in [0.717, 1.165) is 6.07 Å². The predicted molar refractivity (Wildman–Crippen MR) is 101 cm³/mol. The number of hydrogen-bond acceptors (Lipinski definition) is 7. The third kappa shape index (κ3) is 3.26. The normalized spacial score (nSPS) is 10.6. The topological polar surface area (TPSA) is 108 Å². The number of para-hydroxylation sites is 1. The Balaban J connectivity index is 1.87. The van der Waals surface area contributed by atoms with E-state index in [4.69, 9.17) is 4.74 Å². The summed E-state index contributed by atoms with van der Waals surface area (Å²) in [6.45, 7) is 0. The highest BCUT2D eigenvalue weighted by Crippen LogP contribution is 2.35. The molecule has 4 aromatic rings.